The number of carboxylic acids is 1. The van der Waals surface area contributed by atoms with Gasteiger partial charge in [0.1, 0.15) is 17.6 Å². The molecule has 6 nitrogen and oxygen atoms in total. The van der Waals surface area contributed by atoms with E-state index in [1.165, 1.54) is 41.1 Å². The number of rotatable bonds is 3. The Morgan fingerprint density at radius 1 is 1.13 bits per heavy atom. The highest BCUT2D eigenvalue weighted by Gasteiger charge is 2.16. The molecule has 0 bridgehead atoms. The molecule has 3 aromatic rings. The second-order valence-corrected chi connectivity index (χ2v) is 4.67. The number of benzene rings is 2. The SMILES string of the molecule is N#Cc1nnn(-c2ccc(C(=O)O)cc2)c1-c1ccc(F)cc1. The molecule has 3 rings (SSSR count). The van der Waals surface area contributed by atoms with E-state index in [-0.39, 0.29) is 11.3 Å². The first-order valence-corrected chi connectivity index (χ1v) is 6.55. The van der Waals surface area contributed by atoms with Gasteiger partial charge in [-0.05, 0) is 48.5 Å². The van der Waals surface area contributed by atoms with Crippen LogP contribution in [0.4, 0.5) is 4.39 Å². The molecule has 1 N–H and O–H groups in total. The summed E-state index contributed by atoms with van der Waals surface area (Å²) in [6.45, 7) is 0. The van der Waals surface area contributed by atoms with Crippen LogP contribution in [0.3, 0.4) is 0 Å². The molecule has 112 valence electrons. The number of nitrogens with zero attached hydrogens (tertiary/aromatic N) is 4. The molecule has 1 aromatic heterocycles. The smallest absolute Gasteiger partial charge is 0.335 e. The average Bonchev–Trinajstić information content (AvgIpc) is 2.99. The summed E-state index contributed by atoms with van der Waals surface area (Å²) in [6, 6.07) is 13.5. The van der Waals surface area contributed by atoms with Crippen LogP contribution in [-0.2, 0) is 0 Å². The van der Waals surface area contributed by atoms with Crippen molar-refractivity contribution < 1.29 is 14.3 Å². The lowest BCUT2D eigenvalue weighted by atomic mass is 10.1. The van der Waals surface area contributed by atoms with Crippen LogP contribution in [0.15, 0.2) is 48.5 Å². The Morgan fingerprint density at radius 2 is 1.78 bits per heavy atom. The van der Waals surface area contributed by atoms with Crippen LogP contribution in [-0.4, -0.2) is 26.1 Å². The number of hydrogen-bond donors (Lipinski definition) is 1. The maximum absolute atomic E-state index is 13.1. The molecule has 0 unspecified atom stereocenters. The van der Waals surface area contributed by atoms with E-state index < -0.39 is 11.8 Å². The zero-order valence-electron chi connectivity index (χ0n) is 11.6. The van der Waals surface area contributed by atoms with Gasteiger partial charge >= 0.3 is 5.97 Å². The van der Waals surface area contributed by atoms with Gasteiger partial charge in [-0.3, -0.25) is 0 Å². The minimum atomic E-state index is -1.04. The van der Waals surface area contributed by atoms with Crippen LogP contribution in [0.1, 0.15) is 16.1 Å². The minimum absolute atomic E-state index is 0.0962. The molecule has 0 amide bonds. The van der Waals surface area contributed by atoms with Gasteiger partial charge in [-0.25, -0.2) is 13.9 Å². The second-order valence-electron chi connectivity index (χ2n) is 4.67. The van der Waals surface area contributed by atoms with Crippen LogP contribution < -0.4 is 0 Å². The fourth-order valence-electron chi connectivity index (χ4n) is 2.15. The zero-order chi connectivity index (χ0) is 16.4. The van der Waals surface area contributed by atoms with Gasteiger partial charge in [-0.1, -0.05) is 5.21 Å². The van der Waals surface area contributed by atoms with Crippen LogP contribution in [0.25, 0.3) is 16.9 Å². The zero-order valence-corrected chi connectivity index (χ0v) is 11.6. The maximum Gasteiger partial charge on any atom is 0.335 e. The summed E-state index contributed by atoms with van der Waals surface area (Å²) >= 11 is 0. The lowest BCUT2D eigenvalue weighted by Crippen LogP contribution is -2.02. The molecule has 0 fully saturated rings. The van der Waals surface area contributed by atoms with Gasteiger partial charge in [-0.15, -0.1) is 5.10 Å². The first kappa shape index (κ1) is 14.4. The largest absolute Gasteiger partial charge is 0.478 e. The Kier molecular flexibility index (Phi) is 3.57. The number of hydrogen-bond acceptors (Lipinski definition) is 4. The van der Waals surface area contributed by atoms with E-state index in [0.29, 0.717) is 16.9 Å². The average molecular weight is 308 g/mol. The highest BCUT2D eigenvalue weighted by atomic mass is 19.1. The lowest BCUT2D eigenvalue weighted by molar-refractivity contribution is 0.0697. The van der Waals surface area contributed by atoms with E-state index in [1.54, 1.807) is 12.1 Å². The van der Waals surface area contributed by atoms with E-state index in [1.807, 2.05) is 6.07 Å². The molecule has 0 aliphatic heterocycles. The third-order valence-electron chi connectivity index (χ3n) is 3.25. The Labute approximate surface area is 130 Å². The molecule has 1 heterocycles. The lowest BCUT2D eigenvalue weighted by Gasteiger charge is -2.07. The summed E-state index contributed by atoms with van der Waals surface area (Å²) in [4.78, 5) is 10.9. The highest BCUT2D eigenvalue weighted by molar-refractivity contribution is 5.87. The Morgan fingerprint density at radius 3 is 2.35 bits per heavy atom. The van der Waals surface area contributed by atoms with Crippen molar-refractivity contribution in [3.8, 4) is 23.0 Å². The number of halogens is 1. The number of nitriles is 1. The van der Waals surface area contributed by atoms with Crippen molar-refractivity contribution in [1.82, 2.24) is 15.0 Å². The summed E-state index contributed by atoms with van der Waals surface area (Å²) in [7, 11) is 0. The van der Waals surface area contributed by atoms with E-state index in [9.17, 15) is 14.4 Å². The van der Waals surface area contributed by atoms with Crippen LogP contribution in [0.2, 0.25) is 0 Å². The minimum Gasteiger partial charge on any atom is -0.478 e. The van der Waals surface area contributed by atoms with Crippen molar-refractivity contribution in [3.05, 3.63) is 65.6 Å². The molecule has 0 radical (unpaired) electrons. The number of carboxylic acid groups (broad SMARTS) is 1. The number of aromatic carboxylic acids is 1. The van der Waals surface area contributed by atoms with Crippen LogP contribution in [0.5, 0.6) is 0 Å². The molecule has 0 aliphatic rings. The predicted molar refractivity (Wildman–Crippen MR) is 78.4 cm³/mol. The van der Waals surface area contributed by atoms with Gasteiger partial charge in [0.2, 0.25) is 0 Å². The van der Waals surface area contributed by atoms with E-state index in [2.05, 4.69) is 10.3 Å². The van der Waals surface area contributed by atoms with Gasteiger partial charge in [-0.2, -0.15) is 5.26 Å². The normalized spacial score (nSPS) is 10.3. The molecule has 0 saturated heterocycles. The number of carbonyl (C=O) groups is 1. The third-order valence-corrected chi connectivity index (χ3v) is 3.25. The standard InChI is InChI=1S/C16H9FN4O2/c17-12-5-1-10(2-6-12)15-14(9-18)19-20-21(15)13-7-3-11(4-8-13)16(22)23/h1-8H,(H,22,23). The van der Waals surface area contributed by atoms with Crippen molar-refractivity contribution in [3.63, 3.8) is 0 Å². The monoisotopic (exact) mass is 308 g/mol. The van der Waals surface area contributed by atoms with Gasteiger partial charge in [0.25, 0.3) is 0 Å². The molecule has 23 heavy (non-hydrogen) atoms. The summed E-state index contributed by atoms with van der Waals surface area (Å²) in [5, 5.41) is 25.9. The van der Waals surface area contributed by atoms with E-state index in [0.717, 1.165) is 0 Å². The highest BCUT2D eigenvalue weighted by Crippen LogP contribution is 2.25. The Hall–Kier alpha value is -3.53. The molecular weight excluding hydrogens is 299 g/mol. The van der Waals surface area contributed by atoms with Gasteiger partial charge < -0.3 is 5.11 Å². The molecular formula is C16H9FN4O2. The molecule has 0 spiro atoms. The summed E-state index contributed by atoms with van der Waals surface area (Å²) in [5.74, 6) is -1.43. The van der Waals surface area contributed by atoms with Gasteiger partial charge in [0.05, 0.1) is 11.3 Å². The number of aromatic nitrogens is 3. The molecule has 2 aromatic carbocycles. The van der Waals surface area contributed by atoms with Crippen molar-refractivity contribution >= 4 is 5.97 Å². The first-order chi connectivity index (χ1) is 11.1. The third kappa shape index (κ3) is 2.65. The van der Waals surface area contributed by atoms with Crippen LogP contribution in [0, 0.1) is 17.1 Å². The van der Waals surface area contributed by atoms with Crippen molar-refractivity contribution in [2.45, 2.75) is 0 Å². The predicted octanol–water partition coefficient (Wildman–Crippen LogP) is 2.64. The van der Waals surface area contributed by atoms with Crippen LogP contribution >= 0.6 is 0 Å². The van der Waals surface area contributed by atoms with E-state index >= 15 is 0 Å². The van der Waals surface area contributed by atoms with Crippen molar-refractivity contribution in [2.75, 3.05) is 0 Å². The summed E-state index contributed by atoms with van der Waals surface area (Å²) < 4.78 is 14.5. The Bertz CT molecular complexity index is 909. The second kappa shape index (κ2) is 5.69. The van der Waals surface area contributed by atoms with Gasteiger partial charge in [0.15, 0.2) is 5.69 Å². The van der Waals surface area contributed by atoms with Crippen molar-refractivity contribution in [1.29, 1.82) is 5.26 Å². The Balaban J connectivity index is 2.13. The topological polar surface area (TPSA) is 91.8 Å². The molecule has 0 saturated carbocycles. The molecule has 7 heteroatoms. The van der Waals surface area contributed by atoms with Crippen molar-refractivity contribution in [2.24, 2.45) is 0 Å². The maximum atomic E-state index is 13.1. The molecule has 0 atom stereocenters. The molecule has 0 aliphatic carbocycles. The van der Waals surface area contributed by atoms with Gasteiger partial charge in [0, 0.05) is 5.56 Å². The van der Waals surface area contributed by atoms with E-state index in [4.69, 9.17) is 5.11 Å². The quantitative estimate of drug-likeness (QED) is 0.803. The fraction of sp³-hybridized carbons (Fsp3) is 0. The summed E-state index contributed by atoms with van der Waals surface area (Å²) in [5.41, 5.74) is 1.77. The fourth-order valence-corrected chi connectivity index (χ4v) is 2.15. The summed E-state index contributed by atoms with van der Waals surface area (Å²) in [6.07, 6.45) is 0. The first-order valence-electron chi connectivity index (χ1n) is 6.55.